The summed E-state index contributed by atoms with van der Waals surface area (Å²) in [7, 11) is 3.35. The van der Waals surface area contributed by atoms with Gasteiger partial charge in [-0.2, -0.15) is 4.98 Å². The molecule has 0 aliphatic heterocycles. The zero-order chi connectivity index (χ0) is 19.0. The predicted molar refractivity (Wildman–Crippen MR) is 105 cm³/mol. The van der Waals surface area contributed by atoms with E-state index in [1.54, 1.807) is 29.5 Å². The van der Waals surface area contributed by atoms with Crippen molar-refractivity contribution < 1.29 is 4.74 Å². The summed E-state index contributed by atoms with van der Waals surface area (Å²) >= 11 is 0. The Morgan fingerprint density at radius 2 is 1.89 bits per heavy atom. The molecule has 2 aromatic heterocycles. The zero-order valence-electron chi connectivity index (χ0n) is 15.3. The number of ether oxygens (including phenoxy) is 1. The number of hydrogen-bond acceptors (Lipinski definition) is 5. The number of nitrogens with one attached hydrogen (secondary N) is 1. The number of imidazole rings is 1. The van der Waals surface area contributed by atoms with Crippen molar-refractivity contribution in [3.8, 4) is 11.4 Å². The topological polar surface area (TPSA) is 74.0 Å². The average molecular weight is 361 g/mol. The summed E-state index contributed by atoms with van der Waals surface area (Å²) < 4.78 is 8.37. The van der Waals surface area contributed by atoms with Crippen LogP contribution in [-0.2, 0) is 7.05 Å². The molecule has 0 unspecified atom stereocenters. The van der Waals surface area contributed by atoms with Crippen molar-refractivity contribution in [1.82, 2.24) is 19.1 Å². The van der Waals surface area contributed by atoms with Gasteiger partial charge in [-0.3, -0.25) is 4.57 Å². The first kappa shape index (κ1) is 16.8. The fraction of sp³-hybridized carbons (Fsp3) is 0.150. The summed E-state index contributed by atoms with van der Waals surface area (Å²) in [6.45, 7) is 1.98. The molecule has 2 aromatic carbocycles. The van der Waals surface area contributed by atoms with Crippen LogP contribution < -0.4 is 15.7 Å². The van der Waals surface area contributed by atoms with Gasteiger partial charge in [-0.05, 0) is 42.8 Å². The summed E-state index contributed by atoms with van der Waals surface area (Å²) in [5.74, 6) is 1.21. The quantitative estimate of drug-likeness (QED) is 0.604. The van der Waals surface area contributed by atoms with Crippen LogP contribution in [0.25, 0.3) is 16.9 Å². The summed E-state index contributed by atoms with van der Waals surface area (Å²) in [5, 5.41) is 3.22. The largest absolute Gasteiger partial charge is 0.497 e. The SMILES string of the molecule is COc1ccc(Nc2ncc3c(n2)n(-c2ccccc2)c(=O)n3C)c(C)c1. The second-order valence-corrected chi connectivity index (χ2v) is 6.22. The van der Waals surface area contributed by atoms with Gasteiger partial charge in [0.1, 0.15) is 11.3 Å². The highest BCUT2D eigenvalue weighted by molar-refractivity contribution is 5.75. The molecule has 0 saturated heterocycles. The summed E-state index contributed by atoms with van der Waals surface area (Å²) in [4.78, 5) is 21.7. The van der Waals surface area contributed by atoms with Crippen molar-refractivity contribution in [2.24, 2.45) is 7.05 Å². The highest BCUT2D eigenvalue weighted by Gasteiger charge is 2.15. The van der Waals surface area contributed by atoms with E-state index in [1.807, 2.05) is 55.5 Å². The maximum Gasteiger partial charge on any atom is 0.334 e. The summed E-state index contributed by atoms with van der Waals surface area (Å²) in [6.07, 6.45) is 1.66. The minimum Gasteiger partial charge on any atom is -0.497 e. The molecule has 7 nitrogen and oxygen atoms in total. The van der Waals surface area contributed by atoms with E-state index in [4.69, 9.17) is 4.74 Å². The van der Waals surface area contributed by atoms with Crippen molar-refractivity contribution in [1.29, 1.82) is 0 Å². The third-order valence-corrected chi connectivity index (χ3v) is 4.50. The van der Waals surface area contributed by atoms with E-state index in [-0.39, 0.29) is 5.69 Å². The van der Waals surface area contributed by atoms with Crippen LogP contribution >= 0.6 is 0 Å². The first-order valence-electron chi connectivity index (χ1n) is 8.50. The highest BCUT2D eigenvalue weighted by atomic mass is 16.5. The van der Waals surface area contributed by atoms with Crippen molar-refractivity contribution in [3.63, 3.8) is 0 Å². The fourth-order valence-corrected chi connectivity index (χ4v) is 3.01. The van der Waals surface area contributed by atoms with Crippen LogP contribution in [0.5, 0.6) is 5.75 Å². The first-order chi connectivity index (χ1) is 13.1. The molecule has 0 radical (unpaired) electrons. The molecule has 4 aromatic rings. The zero-order valence-corrected chi connectivity index (χ0v) is 15.3. The lowest BCUT2D eigenvalue weighted by Crippen LogP contribution is -2.20. The Hall–Kier alpha value is -3.61. The molecule has 136 valence electrons. The Morgan fingerprint density at radius 1 is 1.11 bits per heavy atom. The van der Waals surface area contributed by atoms with Gasteiger partial charge in [-0.25, -0.2) is 14.3 Å². The Morgan fingerprint density at radius 3 is 2.59 bits per heavy atom. The highest BCUT2D eigenvalue weighted by Crippen LogP contribution is 2.24. The predicted octanol–water partition coefficient (Wildman–Crippen LogP) is 3.18. The van der Waals surface area contributed by atoms with Crippen LogP contribution in [0.2, 0.25) is 0 Å². The third-order valence-electron chi connectivity index (χ3n) is 4.50. The second-order valence-electron chi connectivity index (χ2n) is 6.22. The van der Waals surface area contributed by atoms with E-state index >= 15 is 0 Å². The molecule has 27 heavy (non-hydrogen) atoms. The van der Waals surface area contributed by atoms with Crippen molar-refractivity contribution >= 4 is 22.8 Å². The van der Waals surface area contributed by atoms with Gasteiger partial charge in [-0.1, -0.05) is 18.2 Å². The maximum absolute atomic E-state index is 12.7. The number of aryl methyl sites for hydroxylation is 2. The lowest BCUT2D eigenvalue weighted by atomic mass is 10.2. The number of rotatable bonds is 4. The molecule has 4 rings (SSSR count). The number of hydrogen-bond donors (Lipinski definition) is 1. The van der Waals surface area contributed by atoms with E-state index in [9.17, 15) is 4.79 Å². The van der Waals surface area contributed by atoms with Crippen LogP contribution in [0.3, 0.4) is 0 Å². The molecule has 0 spiro atoms. The summed E-state index contributed by atoms with van der Waals surface area (Å²) in [5.41, 5.74) is 3.70. The van der Waals surface area contributed by atoms with Crippen LogP contribution in [0.4, 0.5) is 11.6 Å². The minimum atomic E-state index is -0.164. The molecule has 0 saturated carbocycles. The molecule has 0 amide bonds. The Kier molecular flexibility index (Phi) is 4.12. The lowest BCUT2D eigenvalue weighted by Gasteiger charge is -2.10. The molecular weight excluding hydrogens is 342 g/mol. The number of anilines is 2. The van der Waals surface area contributed by atoms with Gasteiger partial charge in [0.2, 0.25) is 5.95 Å². The van der Waals surface area contributed by atoms with Crippen LogP contribution in [0, 0.1) is 6.92 Å². The van der Waals surface area contributed by atoms with Gasteiger partial charge < -0.3 is 10.1 Å². The molecular formula is C20H19N5O2. The smallest absolute Gasteiger partial charge is 0.334 e. The molecule has 1 N–H and O–H groups in total. The van der Waals surface area contributed by atoms with Gasteiger partial charge in [-0.15, -0.1) is 0 Å². The van der Waals surface area contributed by atoms with Gasteiger partial charge >= 0.3 is 5.69 Å². The molecule has 2 heterocycles. The number of benzene rings is 2. The maximum atomic E-state index is 12.7. The van der Waals surface area contributed by atoms with Crippen molar-refractivity contribution in [3.05, 3.63) is 70.8 Å². The molecule has 0 aliphatic rings. The standard InChI is InChI=1S/C20H19N5O2/c1-13-11-15(27-3)9-10-16(13)22-19-21-12-17-18(23-19)25(20(26)24(17)2)14-7-5-4-6-8-14/h4-12H,1-3H3,(H,21,22,23). The molecule has 0 bridgehead atoms. The minimum absolute atomic E-state index is 0.164. The Bertz CT molecular complexity index is 1180. The lowest BCUT2D eigenvalue weighted by molar-refractivity contribution is 0.414. The Balaban J connectivity index is 1.82. The average Bonchev–Trinajstić information content (AvgIpc) is 2.94. The number of para-hydroxylation sites is 1. The molecule has 0 fully saturated rings. The van der Waals surface area contributed by atoms with E-state index in [2.05, 4.69) is 15.3 Å². The Labute approximate surface area is 155 Å². The third kappa shape index (κ3) is 2.93. The number of methoxy groups -OCH3 is 1. The first-order valence-corrected chi connectivity index (χ1v) is 8.50. The van der Waals surface area contributed by atoms with Crippen molar-refractivity contribution in [2.45, 2.75) is 6.92 Å². The molecule has 7 heteroatoms. The van der Waals surface area contributed by atoms with E-state index in [1.165, 1.54) is 0 Å². The summed E-state index contributed by atoms with van der Waals surface area (Å²) in [6, 6.07) is 15.2. The normalized spacial score (nSPS) is 10.9. The number of fused-ring (bicyclic) bond motifs is 1. The van der Waals surface area contributed by atoms with E-state index in [0.29, 0.717) is 17.1 Å². The van der Waals surface area contributed by atoms with Gasteiger partial charge in [0.05, 0.1) is 19.0 Å². The van der Waals surface area contributed by atoms with Crippen LogP contribution in [0.15, 0.2) is 59.5 Å². The fourth-order valence-electron chi connectivity index (χ4n) is 3.01. The number of nitrogens with zero attached hydrogens (tertiary/aromatic N) is 4. The van der Waals surface area contributed by atoms with Gasteiger partial charge in [0.15, 0.2) is 5.65 Å². The van der Waals surface area contributed by atoms with Gasteiger partial charge in [0.25, 0.3) is 0 Å². The van der Waals surface area contributed by atoms with Crippen LogP contribution in [-0.4, -0.2) is 26.2 Å². The molecule has 0 atom stereocenters. The van der Waals surface area contributed by atoms with E-state index < -0.39 is 0 Å². The monoisotopic (exact) mass is 361 g/mol. The second kappa shape index (κ2) is 6.60. The van der Waals surface area contributed by atoms with Gasteiger partial charge in [0, 0.05) is 12.7 Å². The van der Waals surface area contributed by atoms with E-state index in [0.717, 1.165) is 22.7 Å². The van der Waals surface area contributed by atoms with Crippen molar-refractivity contribution in [2.75, 3.05) is 12.4 Å². The van der Waals surface area contributed by atoms with Crippen LogP contribution in [0.1, 0.15) is 5.56 Å². The molecule has 0 aliphatic carbocycles. The number of aromatic nitrogens is 4.